The van der Waals surface area contributed by atoms with Gasteiger partial charge in [0, 0.05) is 0 Å². The van der Waals surface area contributed by atoms with Gasteiger partial charge in [-0.3, -0.25) is 0 Å². The van der Waals surface area contributed by atoms with E-state index in [-0.39, 0.29) is 17.4 Å². The van der Waals surface area contributed by atoms with Crippen LogP contribution in [0.25, 0.3) is 0 Å². The van der Waals surface area contributed by atoms with Crippen LogP contribution in [0.4, 0.5) is 0 Å². The maximum atomic E-state index is 3.60. The molecule has 54 valence electrons. The SMILES string of the molecule is [AlH+2].[CH2-]CCC.[CH2-]CCC. The molecular formula is C8H19Al. The van der Waals surface area contributed by atoms with Gasteiger partial charge in [0.25, 0.3) is 0 Å². The summed E-state index contributed by atoms with van der Waals surface area (Å²) in [5, 5.41) is 0. The van der Waals surface area contributed by atoms with Gasteiger partial charge in [-0.25, -0.2) is 0 Å². The first-order chi connectivity index (χ1) is 3.83. The summed E-state index contributed by atoms with van der Waals surface area (Å²) < 4.78 is 0. The van der Waals surface area contributed by atoms with Gasteiger partial charge in [-0.2, -0.15) is 12.8 Å². The Bertz CT molecular complexity index is 12.5. The van der Waals surface area contributed by atoms with Crippen molar-refractivity contribution in [2.75, 3.05) is 0 Å². The first-order valence-corrected chi connectivity index (χ1v) is 3.41. The average Bonchev–Trinajstić information content (AvgIpc) is 1.88. The quantitative estimate of drug-likeness (QED) is 0.410. The van der Waals surface area contributed by atoms with Gasteiger partial charge in [0.2, 0.25) is 0 Å². The molecule has 0 saturated heterocycles. The fourth-order valence-corrected chi connectivity index (χ4v) is 0. The molecule has 0 aromatic rings. The smallest absolute Gasteiger partial charge is 0.0678 e. The van der Waals surface area contributed by atoms with Gasteiger partial charge in [-0.15, -0.1) is 0 Å². The van der Waals surface area contributed by atoms with Crippen molar-refractivity contribution in [3.05, 3.63) is 13.8 Å². The molecule has 0 atom stereocenters. The monoisotopic (exact) mass is 142 g/mol. The maximum Gasteiger partial charge on any atom is -0.0678 e. The zero-order valence-electron chi connectivity index (χ0n) is 6.95. The third-order valence-electron chi connectivity index (χ3n) is 0.707. The molecule has 0 heterocycles. The van der Waals surface area contributed by atoms with Crippen LogP contribution >= 0.6 is 0 Å². The van der Waals surface area contributed by atoms with E-state index in [0.29, 0.717) is 0 Å². The number of rotatable bonds is 2. The van der Waals surface area contributed by atoms with Crippen LogP contribution in [-0.4, -0.2) is 17.4 Å². The van der Waals surface area contributed by atoms with E-state index in [1.54, 1.807) is 0 Å². The molecule has 1 heteroatoms. The molecule has 0 aliphatic carbocycles. The zero-order chi connectivity index (χ0) is 6.83. The second-order valence-electron chi connectivity index (χ2n) is 1.71. The Balaban J connectivity index is -0.0000000720. The standard InChI is InChI=1S/2C4H9.Al.H/c2*1-3-4-2;;/h2*1,3-4H2,2H3;;/q2*-1;+2;. The van der Waals surface area contributed by atoms with Gasteiger partial charge in [0.15, 0.2) is 0 Å². The third-order valence-corrected chi connectivity index (χ3v) is 0.707. The van der Waals surface area contributed by atoms with E-state index in [1.165, 1.54) is 12.8 Å². The van der Waals surface area contributed by atoms with E-state index >= 15 is 0 Å². The Kier molecular flexibility index (Phi) is 42.6. The second kappa shape index (κ2) is 23.6. The van der Waals surface area contributed by atoms with E-state index < -0.39 is 0 Å². The first-order valence-electron chi connectivity index (χ1n) is 3.41. The van der Waals surface area contributed by atoms with Crippen LogP contribution in [0.2, 0.25) is 0 Å². The molecule has 0 N–H and O–H groups in total. The van der Waals surface area contributed by atoms with Crippen molar-refractivity contribution in [1.82, 2.24) is 0 Å². The van der Waals surface area contributed by atoms with Crippen LogP contribution in [0.1, 0.15) is 39.5 Å². The molecular weight excluding hydrogens is 123 g/mol. The van der Waals surface area contributed by atoms with E-state index in [9.17, 15) is 0 Å². The van der Waals surface area contributed by atoms with E-state index in [0.717, 1.165) is 12.8 Å². The molecule has 0 aliphatic heterocycles. The predicted octanol–water partition coefficient (Wildman–Crippen LogP) is 2.59. The minimum absolute atomic E-state index is 0. The fourth-order valence-electron chi connectivity index (χ4n) is 0. The van der Waals surface area contributed by atoms with Crippen LogP contribution in [0.5, 0.6) is 0 Å². The van der Waals surface area contributed by atoms with Crippen LogP contribution in [0, 0.1) is 13.8 Å². The fraction of sp³-hybridized carbons (Fsp3) is 0.750. The summed E-state index contributed by atoms with van der Waals surface area (Å²) in [6, 6.07) is 0. The van der Waals surface area contributed by atoms with Crippen LogP contribution in [-0.2, 0) is 0 Å². The van der Waals surface area contributed by atoms with E-state index in [4.69, 9.17) is 0 Å². The summed E-state index contributed by atoms with van der Waals surface area (Å²) in [6.45, 7) is 11.4. The molecule has 9 heavy (non-hydrogen) atoms. The van der Waals surface area contributed by atoms with E-state index in [1.807, 2.05) is 0 Å². The minimum Gasteiger partial charge on any atom is -0.343 e. The van der Waals surface area contributed by atoms with Crippen LogP contribution < -0.4 is 0 Å². The van der Waals surface area contributed by atoms with E-state index in [2.05, 4.69) is 27.7 Å². The molecule has 0 bridgehead atoms. The van der Waals surface area contributed by atoms with Crippen molar-refractivity contribution in [3.8, 4) is 0 Å². The summed E-state index contributed by atoms with van der Waals surface area (Å²) >= 11 is 0. The third kappa shape index (κ3) is 56.8. The molecule has 0 amide bonds. The van der Waals surface area contributed by atoms with Gasteiger partial charge in [-0.1, -0.05) is 26.7 Å². The molecule has 0 aromatic heterocycles. The average molecular weight is 142 g/mol. The minimum atomic E-state index is 0. The van der Waals surface area contributed by atoms with Gasteiger partial charge >= 0.3 is 17.4 Å². The molecule has 0 nitrogen and oxygen atoms in total. The molecule has 0 radical (unpaired) electrons. The van der Waals surface area contributed by atoms with Crippen molar-refractivity contribution in [2.45, 2.75) is 39.5 Å². The molecule has 0 fully saturated rings. The molecule has 0 aromatic carbocycles. The first kappa shape index (κ1) is 16.3. The van der Waals surface area contributed by atoms with Crippen LogP contribution in [0.15, 0.2) is 0 Å². The van der Waals surface area contributed by atoms with Gasteiger partial charge in [-0.05, 0) is 0 Å². The molecule has 0 rings (SSSR count). The maximum absolute atomic E-state index is 3.60. The molecule has 0 aliphatic rings. The summed E-state index contributed by atoms with van der Waals surface area (Å²) in [5.74, 6) is 0. The van der Waals surface area contributed by atoms with Crippen molar-refractivity contribution >= 4 is 17.4 Å². The number of hydrogen-bond acceptors (Lipinski definition) is 0. The van der Waals surface area contributed by atoms with Crippen LogP contribution in [0.3, 0.4) is 0 Å². The number of unbranched alkanes of at least 4 members (excludes halogenated alkanes) is 2. The molecule has 0 spiro atoms. The summed E-state index contributed by atoms with van der Waals surface area (Å²) in [4.78, 5) is 0. The van der Waals surface area contributed by atoms with Crippen molar-refractivity contribution in [3.63, 3.8) is 0 Å². The zero-order valence-corrected chi connectivity index (χ0v) is 8.36. The Morgan fingerprint density at radius 3 is 1.00 bits per heavy atom. The van der Waals surface area contributed by atoms with Gasteiger partial charge in [0.05, 0.1) is 0 Å². The summed E-state index contributed by atoms with van der Waals surface area (Å²) in [6.07, 6.45) is 4.56. The number of hydrogen-bond donors (Lipinski definition) is 0. The Labute approximate surface area is 71.2 Å². The van der Waals surface area contributed by atoms with Gasteiger partial charge in [0.1, 0.15) is 0 Å². The summed E-state index contributed by atoms with van der Waals surface area (Å²) in [5.41, 5.74) is 0. The van der Waals surface area contributed by atoms with Crippen molar-refractivity contribution in [2.24, 2.45) is 0 Å². The Morgan fingerprint density at radius 1 is 0.889 bits per heavy atom. The normalized spacial score (nSPS) is 6.67. The van der Waals surface area contributed by atoms with Gasteiger partial charge < -0.3 is 13.8 Å². The summed E-state index contributed by atoms with van der Waals surface area (Å²) in [7, 11) is 0. The van der Waals surface area contributed by atoms with Crippen molar-refractivity contribution < 1.29 is 0 Å². The largest absolute Gasteiger partial charge is 0.343 e. The topological polar surface area (TPSA) is 0 Å². The Morgan fingerprint density at radius 2 is 1.00 bits per heavy atom. The Hall–Kier alpha value is 0.532. The molecule has 0 saturated carbocycles. The second-order valence-corrected chi connectivity index (χ2v) is 1.71. The molecule has 0 unspecified atom stereocenters. The predicted molar refractivity (Wildman–Crippen MR) is 47.7 cm³/mol. The van der Waals surface area contributed by atoms with Crippen molar-refractivity contribution in [1.29, 1.82) is 0 Å².